The number of urea groups is 1. The fourth-order valence-electron chi connectivity index (χ4n) is 3.32. The van der Waals surface area contributed by atoms with Gasteiger partial charge in [-0.3, -0.25) is 0 Å². The van der Waals surface area contributed by atoms with Gasteiger partial charge in [-0.2, -0.15) is 0 Å². The van der Waals surface area contributed by atoms with E-state index in [1.165, 1.54) is 12.0 Å². The molecule has 1 heterocycles. The molecule has 1 aliphatic rings. The molecule has 136 valence electrons. The molecule has 1 N–H and O–H groups in total. The summed E-state index contributed by atoms with van der Waals surface area (Å²) in [4.78, 5) is 28.4. The Morgan fingerprint density at radius 1 is 0.962 bits per heavy atom. The van der Waals surface area contributed by atoms with E-state index in [1.807, 2.05) is 60.7 Å². The average Bonchev–Trinajstić information content (AvgIpc) is 2.94. The van der Waals surface area contributed by atoms with Gasteiger partial charge in [-0.05, 0) is 11.1 Å². The Bertz CT molecular complexity index is 751. The Labute approximate surface area is 152 Å². The number of rotatable bonds is 6. The van der Waals surface area contributed by atoms with Crippen LogP contribution in [0.15, 0.2) is 60.7 Å². The minimum absolute atomic E-state index is 0.279. The second kappa shape index (κ2) is 8.01. The molecule has 2 unspecified atom stereocenters. The molecule has 1 fully saturated rings. The van der Waals surface area contributed by atoms with Crippen molar-refractivity contribution in [2.75, 3.05) is 13.7 Å². The van der Waals surface area contributed by atoms with Crippen molar-refractivity contribution >= 4 is 12.0 Å². The van der Waals surface area contributed by atoms with Gasteiger partial charge in [-0.1, -0.05) is 60.7 Å². The van der Waals surface area contributed by atoms with Crippen molar-refractivity contribution in [1.82, 2.24) is 9.80 Å². The molecule has 0 saturated carbocycles. The summed E-state index contributed by atoms with van der Waals surface area (Å²) in [5.74, 6) is -0.524. The number of carbonyl (C=O) groups excluding carboxylic acids is 2. The predicted molar refractivity (Wildman–Crippen MR) is 96.0 cm³/mol. The van der Waals surface area contributed by atoms with E-state index in [2.05, 4.69) is 0 Å². The largest absolute Gasteiger partial charge is 0.467 e. The minimum Gasteiger partial charge on any atom is -0.467 e. The molecule has 2 aromatic carbocycles. The van der Waals surface area contributed by atoms with Crippen LogP contribution in [0, 0.1) is 0 Å². The maximum atomic E-state index is 13.0. The highest BCUT2D eigenvalue weighted by molar-refractivity contribution is 5.88. The van der Waals surface area contributed by atoms with Gasteiger partial charge in [0.2, 0.25) is 0 Å². The number of carbonyl (C=O) groups is 2. The van der Waals surface area contributed by atoms with Crippen molar-refractivity contribution in [1.29, 1.82) is 0 Å². The third-order valence-electron chi connectivity index (χ3n) is 4.61. The fraction of sp³-hybridized carbons (Fsp3) is 0.300. The van der Waals surface area contributed by atoms with Crippen LogP contribution < -0.4 is 0 Å². The molecule has 0 aromatic heterocycles. The third kappa shape index (κ3) is 3.55. The molecule has 0 aliphatic carbocycles. The smallest absolute Gasteiger partial charge is 0.330 e. The molecule has 0 spiro atoms. The van der Waals surface area contributed by atoms with Gasteiger partial charge in [0.25, 0.3) is 0 Å². The molecule has 1 saturated heterocycles. The van der Waals surface area contributed by atoms with Crippen LogP contribution in [-0.4, -0.2) is 52.7 Å². The lowest BCUT2D eigenvalue weighted by atomic mass is 10.1. The van der Waals surface area contributed by atoms with E-state index < -0.39 is 18.1 Å². The molecule has 0 bridgehead atoms. The van der Waals surface area contributed by atoms with E-state index in [0.29, 0.717) is 6.54 Å². The zero-order chi connectivity index (χ0) is 18.5. The van der Waals surface area contributed by atoms with E-state index in [1.54, 1.807) is 4.90 Å². The number of hydrogen-bond donors (Lipinski definition) is 1. The first kappa shape index (κ1) is 17.9. The van der Waals surface area contributed by atoms with Crippen molar-refractivity contribution in [3.05, 3.63) is 71.8 Å². The van der Waals surface area contributed by atoms with Crippen LogP contribution in [0.1, 0.15) is 11.1 Å². The summed E-state index contributed by atoms with van der Waals surface area (Å²) in [6, 6.07) is 17.2. The van der Waals surface area contributed by atoms with Crippen molar-refractivity contribution in [2.45, 2.75) is 25.2 Å². The normalized spacial score (nSPS) is 19.7. The summed E-state index contributed by atoms with van der Waals surface area (Å²) in [7, 11) is 1.29. The fourth-order valence-corrected chi connectivity index (χ4v) is 3.32. The van der Waals surface area contributed by atoms with Crippen LogP contribution in [0.5, 0.6) is 0 Å². The molecule has 2 aromatic rings. The first-order valence-corrected chi connectivity index (χ1v) is 8.49. The van der Waals surface area contributed by atoms with E-state index in [-0.39, 0.29) is 19.2 Å². The van der Waals surface area contributed by atoms with E-state index >= 15 is 0 Å². The molecular formula is C20H22N2O4. The van der Waals surface area contributed by atoms with Gasteiger partial charge >= 0.3 is 12.0 Å². The van der Waals surface area contributed by atoms with E-state index in [9.17, 15) is 14.7 Å². The summed E-state index contributed by atoms with van der Waals surface area (Å²) in [5, 5.41) is 9.90. The van der Waals surface area contributed by atoms with Crippen molar-refractivity contribution < 1.29 is 19.4 Å². The summed E-state index contributed by atoms with van der Waals surface area (Å²) >= 11 is 0. The number of benzene rings is 2. The number of aliphatic hydroxyl groups excluding tert-OH is 1. The van der Waals surface area contributed by atoms with E-state index in [0.717, 1.165) is 11.1 Å². The average molecular weight is 354 g/mol. The lowest BCUT2D eigenvalue weighted by molar-refractivity contribution is -0.146. The monoisotopic (exact) mass is 354 g/mol. The van der Waals surface area contributed by atoms with E-state index in [4.69, 9.17) is 4.74 Å². The highest BCUT2D eigenvalue weighted by Gasteiger charge is 2.49. The first-order valence-electron chi connectivity index (χ1n) is 8.49. The predicted octanol–water partition coefficient (Wildman–Crippen LogP) is 2.03. The molecule has 1 aliphatic heterocycles. The summed E-state index contributed by atoms with van der Waals surface area (Å²) in [6.07, 6.45) is 0. The molecule has 6 heteroatoms. The second-order valence-corrected chi connectivity index (χ2v) is 6.23. The standard InChI is InChI=1S/C20H22N2O4/c1-26-19(24)18-17(14-23)21(12-15-8-4-2-5-9-15)20(25)22(18)13-16-10-6-3-7-11-16/h2-11,17-18,23H,12-14H2,1H3. The summed E-state index contributed by atoms with van der Waals surface area (Å²) < 4.78 is 4.91. The van der Waals surface area contributed by atoms with Crippen LogP contribution in [0.2, 0.25) is 0 Å². The molecule has 6 nitrogen and oxygen atoms in total. The zero-order valence-corrected chi connectivity index (χ0v) is 14.6. The Kier molecular flexibility index (Phi) is 5.53. The summed E-state index contributed by atoms with van der Waals surface area (Å²) in [6.45, 7) is 0.286. The highest BCUT2D eigenvalue weighted by atomic mass is 16.5. The molecular weight excluding hydrogens is 332 g/mol. The SMILES string of the molecule is COC(=O)C1C(CO)N(Cc2ccccc2)C(=O)N1Cc1ccccc1. The van der Waals surface area contributed by atoms with Crippen molar-refractivity contribution in [2.24, 2.45) is 0 Å². The molecule has 26 heavy (non-hydrogen) atoms. The number of amides is 2. The molecule has 3 rings (SSSR count). The third-order valence-corrected chi connectivity index (χ3v) is 4.61. The zero-order valence-electron chi connectivity index (χ0n) is 14.6. The van der Waals surface area contributed by atoms with Gasteiger partial charge in [-0.15, -0.1) is 0 Å². The van der Waals surface area contributed by atoms with Crippen LogP contribution in [0.3, 0.4) is 0 Å². The number of ether oxygens (including phenoxy) is 1. The van der Waals surface area contributed by atoms with Gasteiger partial charge < -0.3 is 19.6 Å². The highest BCUT2D eigenvalue weighted by Crippen LogP contribution is 2.28. The Morgan fingerprint density at radius 3 is 1.92 bits per heavy atom. The Morgan fingerprint density at radius 2 is 1.46 bits per heavy atom. The van der Waals surface area contributed by atoms with Gasteiger partial charge in [0.1, 0.15) is 0 Å². The maximum Gasteiger partial charge on any atom is 0.330 e. The van der Waals surface area contributed by atoms with Crippen molar-refractivity contribution in [3.8, 4) is 0 Å². The molecule has 2 atom stereocenters. The van der Waals surface area contributed by atoms with Gasteiger partial charge in [-0.25, -0.2) is 9.59 Å². The number of methoxy groups -OCH3 is 1. The minimum atomic E-state index is -0.846. The maximum absolute atomic E-state index is 13.0. The van der Waals surface area contributed by atoms with Crippen LogP contribution >= 0.6 is 0 Å². The number of esters is 1. The van der Waals surface area contributed by atoms with Crippen molar-refractivity contribution in [3.63, 3.8) is 0 Å². The quantitative estimate of drug-likeness (QED) is 0.806. The number of nitrogens with zero attached hydrogens (tertiary/aromatic N) is 2. The lowest BCUT2D eigenvalue weighted by Gasteiger charge is -2.24. The van der Waals surface area contributed by atoms with Gasteiger partial charge in [0.15, 0.2) is 6.04 Å². The Hall–Kier alpha value is -2.86. The molecule has 2 amide bonds. The second-order valence-electron chi connectivity index (χ2n) is 6.23. The van der Waals surface area contributed by atoms with Gasteiger partial charge in [0.05, 0.1) is 19.8 Å². The number of aliphatic hydroxyl groups is 1. The summed E-state index contributed by atoms with van der Waals surface area (Å²) in [5.41, 5.74) is 1.84. The Balaban J connectivity index is 1.90. The van der Waals surface area contributed by atoms with Crippen LogP contribution in [0.4, 0.5) is 4.79 Å². The topological polar surface area (TPSA) is 70.1 Å². The lowest BCUT2D eigenvalue weighted by Crippen LogP contribution is -2.45. The van der Waals surface area contributed by atoms with Crippen LogP contribution in [-0.2, 0) is 22.6 Å². The number of hydrogen-bond acceptors (Lipinski definition) is 4. The van der Waals surface area contributed by atoms with Crippen LogP contribution in [0.25, 0.3) is 0 Å². The molecule has 0 radical (unpaired) electrons. The first-order chi connectivity index (χ1) is 12.7. The van der Waals surface area contributed by atoms with Gasteiger partial charge in [0, 0.05) is 13.1 Å².